The van der Waals surface area contributed by atoms with Crippen LogP contribution in [0, 0.1) is 0 Å². The van der Waals surface area contributed by atoms with E-state index in [-0.39, 0.29) is 18.0 Å². The number of benzene rings is 1. The molecular weight excluding hydrogens is 360 g/mol. The zero-order valence-corrected chi connectivity index (χ0v) is 16.6. The van der Waals surface area contributed by atoms with Crippen molar-refractivity contribution in [2.45, 2.75) is 36.7 Å². The molecule has 3 aliphatic heterocycles. The summed E-state index contributed by atoms with van der Waals surface area (Å²) in [5.41, 5.74) is 2.39. The molecule has 7 heteroatoms. The van der Waals surface area contributed by atoms with Gasteiger partial charge in [-0.1, -0.05) is 19.1 Å². The Kier molecular flexibility index (Phi) is 5.14. The van der Waals surface area contributed by atoms with Gasteiger partial charge in [0.2, 0.25) is 0 Å². The van der Waals surface area contributed by atoms with Gasteiger partial charge < -0.3 is 15.5 Å². The van der Waals surface area contributed by atoms with Crippen molar-refractivity contribution in [1.29, 1.82) is 0 Å². The number of likely N-dealkylation sites (tertiary alicyclic amines) is 1. The monoisotopic (exact) mass is 386 g/mol. The maximum Gasteiger partial charge on any atom is 0.319 e. The van der Waals surface area contributed by atoms with Crippen LogP contribution < -0.4 is 10.6 Å². The zero-order chi connectivity index (χ0) is 19.0. The van der Waals surface area contributed by atoms with Crippen LogP contribution in [0.5, 0.6) is 0 Å². The molecule has 0 aromatic heterocycles. The van der Waals surface area contributed by atoms with Crippen molar-refractivity contribution < 1.29 is 9.59 Å². The van der Waals surface area contributed by atoms with Gasteiger partial charge in [-0.15, -0.1) is 11.8 Å². The number of hydrogen-bond donors (Lipinski definition) is 2. The lowest BCUT2D eigenvalue weighted by molar-refractivity contribution is -0.126. The Labute approximate surface area is 164 Å². The molecule has 0 unspecified atom stereocenters. The summed E-state index contributed by atoms with van der Waals surface area (Å²) in [6, 6.07) is 7.86. The number of amides is 3. The number of carbonyl (C=O) groups excluding carboxylic acids is 2. The van der Waals surface area contributed by atoms with E-state index in [0.29, 0.717) is 18.2 Å². The quantitative estimate of drug-likeness (QED) is 0.763. The summed E-state index contributed by atoms with van der Waals surface area (Å²) in [4.78, 5) is 30.9. The molecule has 0 spiro atoms. The van der Waals surface area contributed by atoms with Crippen molar-refractivity contribution >= 4 is 23.7 Å². The third-order valence-corrected chi connectivity index (χ3v) is 6.55. The molecule has 2 N–H and O–H groups in total. The first kappa shape index (κ1) is 18.4. The zero-order valence-electron chi connectivity index (χ0n) is 15.8. The molecule has 3 heterocycles. The van der Waals surface area contributed by atoms with Gasteiger partial charge >= 0.3 is 6.03 Å². The highest BCUT2D eigenvalue weighted by Gasteiger charge is 2.41. The van der Waals surface area contributed by atoms with Crippen LogP contribution in [0.3, 0.4) is 0 Å². The third-order valence-electron chi connectivity index (χ3n) is 5.81. The van der Waals surface area contributed by atoms with Gasteiger partial charge in [-0.3, -0.25) is 9.69 Å². The van der Waals surface area contributed by atoms with Crippen LogP contribution in [-0.4, -0.2) is 60.2 Å². The standard InChI is InChI=1S/C20H26N4O2S/c1-3-23-10-4-5-14(23)11-24-12-16-17(19(24)25)18(22-20(26)21-16)13-6-8-15(27-2)9-7-13/h6-9,14,18H,3-5,10-12H2,1-2H3,(H2,21,22,26)/t14-,18-/m1/s1. The van der Waals surface area contributed by atoms with Gasteiger partial charge in [-0.05, 0) is 49.9 Å². The van der Waals surface area contributed by atoms with E-state index in [4.69, 9.17) is 0 Å². The van der Waals surface area contributed by atoms with Crippen molar-refractivity contribution in [3.8, 4) is 0 Å². The van der Waals surface area contributed by atoms with Gasteiger partial charge in [-0.25, -0.2) is 4.79 Å². The van der Waals surface area contributed by atoms with Crippen molar-refractivity contribution in [2.24, 2.45) is 0 Å². The number of likely N-dealkylation sites (N-methyl/N-ethyl adjacent to an activating group) is 1. The van der Waals surface area contributed by atoms with Gasteiger partial charge in [0, 0.05) is 17.5 Å². The summed E-state index contributed by atoms with van der Waals surface area (Å²) in [5.74, 6) is 0.0411. The Morgan fingerprint density at radius 3 is 2.70 bits per heavy atom. The van der Waals surface area contributed by atoms with Crippen molar-refractivity contribution in [3.63, 3.8) is 0 Å². The fraction of sp³-hybridized carbons (Fsp3) is 0.500. The van der Waals surface area contributed by atoms with Crippen LogP contribution in [0.1, 0.15) is 31.4 Å². The molecule has 6 nitrogen and oxygen atoms in total. The Morgan fingerprint density at radius 1 is 1.22 bits per heavy atom. The van der Waals surface area contributed by atoms with Crippen LogP contribution >= 0.6 is 11.8 Å². The van der Waals surface area contributed by atoms with E-state index in [0.717, 1.165) is 42.2 Å². The van der Waals surface area contributed by atoms with Crippen LogP contribution in [0.2, 0.25) is 0 Å². The molecule has 1 aromatic carbocycles. The summed E-state index contributed by atoms with van der Waals surface area (Å²) in [5, 5.41) is 5.79. The fourth-order valence-corrected chi connectivity index (χ4v) is 4.80. The summed E-state index contributed by atoms with van der Waals surface area (Å²) >= 11 is 1.67. The smallest absolute Gasteiger partial charge is 0.319 e. The highest BCUT2D eigenvalue weighted by molar-refractivity contribution is 7.98. The van der Waals surface area contributed by atoms with Gasteiger partial charge in [0.15, 0.2) is 0 Å². The Hall–Kier alpha value is -1.99. The Balaban J connectivity index is 1.56. The normalized spacial score (nSPS) is 25.6. The van der Waals surface area contributed by atoms with E-state index < -0.39 is 0 Å². The molecule has 0 saturated carbocycles. The summed E-state index contributed by atoms with van der Waals surface area (Å²) in [6.07, 6.45) is 4.35. The van der Waals surface area contributed by atoms with Gasteiger partial charge in [0.05, 0.1) is 23.9 Å². The highest BCUT2D eigenvalue weighted by Crippen LogP contribution is 2.34. The van der Waals surface area contributed by atoms with E-state index >= 15 is 0 Å². The number of carbonyl (C=O) groups is 2. The second-order valence-corrected chi connectivity index (χ2v) is 8.19. The molecule has 1 aromatic rings. The lowest BCUT2D eigenvalue weighted by Crippen LogP contribution is -2.44. The second-order valence-electron chi connectivity index (χ2n) is 7.31. The number of hydrogen-bond acceptors (Lipinski definition) is 4. The van der Waals surface area contributed by atoms with E-state index in [1.54, 1.807) is 11.8 Å². The molecular formula is C20H26N4O2S. The lowest BCUT2D eigenvalue weighted by Gasteiger charge is -2.28. The van der Waals surface area contributed by atoms with Crippen LogP contribution in [0.15, 0.2) is 40.4 Å². The van der Waals surface area contributed by atoms with Crippen LogP contribution in [0.25, 0.3) is 0 Å². The van der Waals surface area contributed by atoms with Crippen LogP contribution in [-0.2, 0) is 4.79 Å². The number of nitrogens with zero attached hydrogens (tertiary/aromatic N) is 2. The van der Waals surface area contributed by atoms with Gasteiger partial charge in [-0.2, -0.15) is 0 Å². The van der Waals surface area contributed by atoms with E-state index in [1.165, 1.54) is 6.42 Å². The van der Waals surface area contributed by atoms with Gasteiger partial charge in [0.25, 0.3) is 5.91 Å². The summed E-state index contributed by atoms with van der Waals surface area (Å²) in [6.45, 7) is 5.52. The van der Waals surface area contributed by atoms with Gasteiger partial charge in [0.1, 0.15) is 0 Å². The highest BCUT2D eigenvalue weighted by atomic mass is 32.2. The number of nitrogens with one attached hydrogen (secondary N) is 2. The summed E-state index contributed by atoms with van der Waals surface area (Å²) < 4.78 is 0. The van der Waals surface area contributed by atoms with E-state index in [1.807, 2.05) is 35.4 Å². The first-order valence-corrected chi connectivity index (χ1v) is 10.8. The minimum atomic E-state index is -0.381. The predicted octanol–water partition coefficient (Wildman–Crippen LogP) is 2.34. The Morgan fingerprint density at radius 2 is 2.00 bits per heavy atom. The second kappa shape index (κ2) is 7.56. The topological polar surface area (TPSA) is 64.7 Å². The maximum absolute atomic E-state index is 13.2. The number of thioether (sulfide) groups is 1. The predicted molar refractivity (Wildman–Crippen MR) is 107 cm³/mol. The van der Waals surface area contributed by atoms with Crippen molar-refractivity contribution in [1.82, 2.24) is 20.4 Å². The fourth-order valence-electron chi connectivity index (χ4n) is 4.39. The number of urea groups is 1. The third kappa shape index (κ3) is 3.46. The van der Waals surface area contributed by atoms with Crippen molar-refractivity contribution in [3.05, 3.63) is 41.1 Å². The molecule has 0 bridgehead atoms. The molecule has 1 saturated heterocycles. The van der Waals surface area contributed by atoms with E-state index in [9.17, 15) is 9.59 Å². The average molecular weight is 387 g/mol. The Bertz CT molecular complexity index is 777. The lowest BCUT2D eigenvalue weighted by atomic mass is 9.96. The van der Waals surface area contributed by atoms with E-state index in [2.05, 4.69) is 22.5 Å². The molecule has 0 radical (unpaired) electrons. The molecule has 27 heavy (non-hydrogen) atoms. The molecule has 3 aliphatic rings. The average Bonchev–Trinajstić information content (AvgIpc) is 3.25. The van der Waals surface area contributed by atoms with Crippen molar-refractivity contribution in [2.75, 3.05) is 32.4 Å². The minimum Gasteiger partial charge on any atom is -0.331 e. The minimum absolute atomic E-state index is 0.0411. The molecule has 144 valence electrons. The molecule has 4 rings (SSSR count). The largest absolute Gasteiger partial charge is 0.331 e. The number of rotatable bonds is 5. The first-order chi connectivity index (χ1) is 13.1. The SMILES string of the molecule is CCN1CCC[C@@H]1CN1CC2=C(C1=O)[C@@H](c1ccc(SC)cc1)NC(=O)N2. The molecule has 3 amide bonds. The van der Waals surface area contributed by atoms with Crippen LogP contribution in [0.4, 0.5) is 4.79 Å². The summed E-state index contributed by atoms with van der Waals surface area (Å²) in [7, 11) is 0. The first-order valence-electron chi connectivity index (χ1n) is 9.58. The maximum atomic E-state index is 13.2. The molecule has 1 fully saturated rings. The molecule has 2 atom stereocenters. The molecule has 0 aliphatic carbocycles.